The molecule has 0 aliphatic heterocycles. The molecule has 0 fully saturated rings. The van der Waals surface area contributed by atoms with E-state index in [0.717, 1.165) is 4.43 Å². The molecule has 0 saturated carbocycles. The van der Waals surface area contributed by atoms with E-state index in [4.69, 9.17) is 4.74 Å². The number of hydrogen-bond acceptors (Lipinski definition) is 1. The summed E-state index contributed by atoms with van der Waals surface area (Å²) in [7, 11) is 0. The predicted molar refractivity (Wildman–Crippen MR) is 83.9 cm³/mol. The molecule has 1 nitrogen and oxygen atoms in total. The van der Waals surface area contributed by atoms with Gasteiger partial charge in [0.25, 0.3) is 0 Å². The van der Waals surface area contributed by atoms with E-state index in [-0.39, 0.29) is 5.60 Å². The molecule has 0 aromatic heterocycles. The van der Waals surface area contributed by atoms with E-state index in [1.165, 1.54) is 11.1 Å². The lowest BCUT2D eigenvalue weighted by atomic mass is 9.98. The zero-order valence-corrected chi connectivity index (χ0v) is 12.6. The van der Waals surface area contributed by atoms with Crippen molar-refractivity contribution in [3.05, 3.63) is 71.8 Å². The van der Waals surface area contributed by atoms with E-state index in [1.54, 1.807) is 0 Å². The van der Waals surface area contributed by atoms with Gasteiger partial charge in [0.1, 0.15) is 0 Å². The third-order valence-electron chi connectivity index (χ3n) is 3.04. The van der Waals surface area contributed by atoms with Gasteiger partial charge in [-0.2, -0.15) is 0 Å². The molecule has 2 aromatic carbocycles. The standard InChI is InChI=1S/C16H17IO/c1-16(13-17,15-10-6-3-7-11-15)18-12-14-8-4-2-5-9-14/h2-11H,12-13H2,1H3. The first-order valence-electron chi connectivity index (χ1n) is 6.04. The third kappa shape index (κ3) is 3.33. The molecular weight excluding hydrogens is 335 g/mol. The topological polar surface area (TPSA) is 9.23 Å². The van der Waals surface area contributed by atoms with E-state index >= 15 is 0 Å². The van der Waals surface area contributed by atoms with Crippen molar-refractivity contribution in [2.45, 2.75) is 19.1 Å². The molecule has 1 atom stereocenters. The number of ether oxygens (including phenoxy) is 1. The van der Waals surface area contributed by atoms with Gasteiger partial charge in [-0.15, -0.1) is 0 Å². The first-order chi connectivity index (χ1) is 8.74. The smallest absolute Gasteiger partial charge is 0.0996 e. The average molecular weight is 352 g/mol. The van der Waals surface area contributed by atoms with Gasteiger partial charge in [-0.1, -0.05) is 83.3 Å². The van der Waals surface area contributed by atoms with Crippen molar-refractivity contribution in [2.75, 3.05) is 4.43 Å². The molecule has 0 spiro atoms. The first kappa shape index (κ1) is 13.6. The number of benzene rings is 2. The van der Waals surface area contributed by atoms with Crippen molar-refractivity contribution in [1.29, 1.82) is 0 Å². The monoisotopic (exact) mass is 352 g/mol. The summed E-state index contributed by atoms with van der Waals surface area (Å²) in [6.45, 7) is 2.80. The number of halogens is 1. The Morgan fingerprint density at radius 2 is 1.50 bits per heavy atom. The van der Waals surface area contributed by atoms with Crippen molar-refractivity contribution in [3.63, 3.8) is 0 Å². The Morgan fingerprint density at radius 1 is 0.944 bits per heavy atom. The Morgan fingerprint density at radius 3 is 2.06 bits per heavy atom. The highest BCUT2D eigenvalue weighted by atomic mass is 127. The maximum atomic E-state index is 6.14. The van der Waals surface area contributed by atoms with Crippen molar-refractivity contribution >= 4 is 22.6 Å². The van der Waals surface area contributed by atoms with E-state index in [1.807, 2.05) is 24.3 Å². The number of rotatable bonds is 5. The number of hydrogen-bond donors (Lipinski definition) is 0. The second-order valence-electron chi connectivity index (χ2n) is 4.50. The summed E-state index contributed by atoms with van der Waals surface area (Å²) in [6, 6.07) is 20.7. The van der Waals surface area contributed by atoms with Gasteiger partial charge < -0.3 is 4.74 Å². The first-order valence-corrected chi connectivity index (χ1v) is 7.56. The maximum Gasteiger partial charge on any atom is 0.0996 e. The van der Waals surface area contributed by atoms with Gasteiger partial charge in [0, 0.05) is 4.43 Å². The van der Waals surface area contributed by atoms with Crippen LogP contribution in [0.2, 0.25) is 0 Å². The number of alkyl halides is 1. The summed E-state index contributed by atoms with van der Waals surface area (Å²) < 4.78 is 7.08. The SMILES string of the molecule is CC(CI)(OCc1ccccc1)c1ccccc1. The van der Waals surface area contributed by atoms with Crippen LogP contribution < -0.4 is 0 Å². The van der Waals surface area contributed by atoms with Crippen LogP contribution in [-0.4, -0.2) is 4.43 Å². The van der Waals surface area contributed by atoms with Crippen LogP contribution in [0.25, 0.3) is 0 Å². The molecule has 0 aliphatic carbocycles. The van der Waals surface area contributed by atoms with Gasteiger partial charge in [0.2, 0.25) is 0 Å². The van der Waals surface area contributed by atoms with Gasteiger partial charge in [0.15, 0.2) is 0 Å². The summed E-state index contributed by atoms with van der Waals surface area (Å²) in [4.78, 5) is 0. The fourth-order valence-corrected chi connectivity index (χ4v) is 2.47. The molecule has 0 saturated heterocycles. The molecule has 0 aliphatic rings. The van der Waals surface area contributed by atoms with Crippen molar-refractivity contribution in [1.82, 2.24) is 0 Å². The summed E-state index contributed by atoms with van der Waals surface area (Å²) in [5.74, 6) is 0. The van der Waals surface area contributed by atoms with Crippen molar-refractivity contribution in [2.24, 2.45) is 0 Å². The van der Waals surface area contributed by atoms with Gasteiger partial charge in [-0.25, -0.2) is 0 Å². The van der Waals surface area contributed by atoms with Gasteiger partial charge in [-0.3, -0.25) is 0 Å². The Hall–Kier alpha value is -0.870. The third-order valence-corrected chi connectivity index (χ3v) is 4.50. The maximum absolute atomic E-state index is 6.14. The fourth-order valence-electron chi connectivity index (χ4n) is 1.81. The normalized spacial score (nSPS) is 14.1. The zero-order valence-electron chi connectivity index (χ0n) is 10.5. The summed E-state index contributed by atoms with van der Waals surface area (Å²) in [5, 5.41) is 0. The predicted octanol–water partition coefficient (Wildman–Crippen LogP) is 4.55. The fraction of sp³-hybridized carbons (Fsp3) is 0.250. The van der Waals surface area contributed by atoms with Crippen LogP contribution in [0.3, 0.4) is 0 Å². The Balaban J connectivity index is 2.10. The zero-order chi connectivity index (χ0) is 12.8. The van der Waals surface area contributed by atoms with Gasteiger partial charge in [0.05, 0.1) is 12.2 Å². The quantitative estimate of drug-likeness (QED) is 0.567. The van der Waals surface area contributed by atoms with Gasteiger partial charge in [-0.05, 0) is 18.1 Å². The second kappa shape index (κ2) is 6.34. The molecule has 2 aromatic rings. The molecule has 0 heterocycles. The molecule has 2 heteroatoms. The lowest BCUT2D eigenvalue weighted by Crippen LogP contribution is -2.27. The minimum absolute atomic E-state index is 0.225. The summed E-state index contributed by atoms with van der Waals surface area (Å²) in [6.07, 6.45) is 0. The van der Waals surface area contributed by atoms with Crippen molar-refractivity contribution < 1.29 is 4.74 Å². The molecule has 0 amide bonds. The minimum atomic E-state index is -0.225. The summed E-state index contributed by atoms with van der Waals surface area (Å²) >= 11 is 2.39. The molecule has 0 bridgehead atoms. The highest BCUT2D eigenvalue weighted by Crippen LogP contribution is 2.28. The molecule has 0 radical (unpaired) electrons. The molecule has 0 N–H and O–H groups in total. The highest BCUT2D eigenvalue weighted by molar-refractivity contribution is 14.1. The van der Waals surface area contributed by atoms with E-state index in [0.29, 0.717) is 6.61 Å². The largest absolute Gasteiger partial charge is 0.365 e. The molecule has 2 rings (SSSR count). The van der Waals surface area contributed by atoms with Crippen LogP contribution in [0.1, 0.15) is 18.1 Å². The van der Waals surface area contributed by atoms with Crippen LogP contribution in [0.4, 0.5) is 0 Å². The van der Waals surface area contributed by atoms with Gasteiger partial charge >= 0.3 is 0 Å². The van der Waals surface area contributed by atoms with E-state index < -0.39 is 0 Å². The van der Waals surface area contributed by atoms with E-state index in [9.17, 15) is 0 Å². The lowest BCUT2D eigenvalue weighted by Gasteiger charge is -2.28. The average Bonchev–Trinajstić information content (AvgIpc) is 2.47. The highest BCUT2D eigenvalue weighted by Gasteiger charge is 2.25. The Kier molecular flexibility index (Phi) is 4.78. The van der Waals surface area contributed by atoms with Crippen LogP contribution in [0, 0.1) is 0 Å². The van der Waals surface area contributed by atoms with Crippen molar-refractivity contribution in [3.8, 4) is 0 Å². The lowest BCUT2D eigenvalue weighted by molar-refractivity contribution is -0.0275. The van der Waals surface area contributed by atoms with Crippen LogP contribution in [0.15, 0.2) is 60.7 Å². The minimum Gasteiger partial charge on any atom is -0.365 e. The molecule has 18 heavy (non-hydrogen) atoms. The van der Waals surface area contributed by atoms with E-state index in [2.05, 4.69) is 65.9 Å². The molecular formula is C16H17IO. The Bertz CT molecular complexity index is 469. The van der Waals surface area contributed by atoms with Crippen LogP contribution >= 0.6 is 22.6 Å². The second-order valence-corrected chi connectivity index (χ2v) is 5.27. The molecule has 94 valence electrons. The summed E-state index contributed by atoms with van der Waals surface area (Å²) in [5.41, 5.74) is 2.22. The van der Waals surface area contributed by atoms with Crippen LogP contribution in [-0.2, 0) is 16.9 Å². The Labute approximate surface area is 122 Å². The molecule has 1 unspecified atom stereocenters. The van der Waals surface area contributed by atoms with Crippen LogP contribution in [0.5, 0.6) is 0 Å².